The molecular weight excluding hydrogens is 296 g/mol. The summed E-state index contributed by atoms with van der Waals surface area (Å²) in [5, 5.41) is 0. The predicted octanol–water partition coefficient (Wildman–Crippen LogP) is 3.54. The second-order valence-corrected chi connectivity index (χ2v) is 4.68. The SMILES string of the molecule is COc1nc(Oc2ccc(Br)cc2C)ccc1N. The smallest absolute Gasteiger partial charge is 0.240 e. The van der Waals surface area contributed by atoms with E-state index in [4.69, 9.17) is 15.2 Å². The number of aryl methyl sites for hydroxylation is 1. The molecule has 0 aliphatic rings. The van der Waals surface area contributed by atoms with Crippen LogP contribution in [0.3, 0.4) is 0 Å². The number of nitrogen functional groups attached to an aromatic ring is 1. The molecule has 0 atom stereocenters. The van der Waals surface area contributed by atoms with E-state index >= 15 is 0 Å². The third-order valence-electron chi connectivity index (χ3n) is 2.41. The highest BCUT2D eigenvalue weighted by Crippen LogP contribution is 2.29. The van der Waals surface area contributed by atoms with E-state index in [2.05, 4.69) is 20.9 Å². The average Bonchev–Trinajstić information content (AvgIpc) is 2.35. The lowest BCUT2D eigenvalue weighted by Gasteiger charge is -2.10. The van der Waals surface area contributed by atoms with Crippen LogP contribution >= 0.6 is 15.9 Å². The van der Waals surface area contributed by atoms with Crippen LogP contribution < -0.4 is 15.2 Å². The molecule has 5 heteroatoms. The molecule has 2 N–H and O–H groups in total. The van der Waals surface area contributed by atoms with Crippen molar-refractivity contribution in [2.75, 3.05) is 12.8 Å². The van der Waals surface area contributed by atoms with E-state index in [1.54, 1.807) is 12.1 Å². The molecule has 0 unspecified atom stereocenters. The largest absolute Gasteiger partial charge is 0.479 e. The maximum absolute atomic E-state index is 5.69. The summed E-state index contributed by atoms with van der Waals surface area (Å²) >= 11 is 3.41. The number of halogens is 1. The van der Waals surface area contributed by atoms with Crippen molar-refractivity contribution < 1.29 is 9.47 Å². The molecule has 0 saturated carbocycles. The summed E-state index contributed by atoms with van der Waals surface area (Å²) in [5.74, 6) is 1.56. The minimum Gasteiger partial charge on any atom is -0.479 e. The second kappa shape index (κ2) is 5.27. The van der Waals surface area contributed by atoms with E-state index in [1.165, 1.54) is 7.11 Å². The summed E-state index contributed by atoms with van der Waals surface area (Å²) < 4.78 is 11.8. The Hall–Kier alpha value is -1.75. The van der Waals surface area contributed by atoms with Gasteiger partial charge in [0.15, 0.2) is 0 Å². The first kappa shape index (κ1) is 12.7. The van der Waals surface area contributed by atoms with Gasteiger partial charge in [-0.05, 0) is 36.8 Å². The van der Waals surface area contributed by atoms with Crippen LogP contribution in [0.5, 0.6) is 17.5 Å². The zero-order chi connectivity index (χ0) is 13.1. The Morgan fingerprint density at radius 1 is 1.22 bits per heavy atom. The number of nitrogens with two attached hydrogens (primary N) is 1. The zero-order valence-corrected chi connectivity index (χ0v) is 11.7. The highest BCUT2D eigenvalue weighted by Gasteiger charge is 2.06. The molecule has 0 aliphatic carbocycles. The van der Waals surface area contributed by atoms with Crippen LogP contribution in [0.4, 0.5) is 5.69 Å². The molecule has 1 heterocycles. The van der Waals surface area contributed by atoms with Gasteiger partial charge in [0.1, 0.15) is 5.75 Å². The standard InChI is InChI=1S/C13H13BrN2O2/c1-8-7-9(14)3-5-11(8)18-12-6-4-10(15)13(16-12)17-2/h3-7H,15H2,1-2H3. The highest BCUT2D eigenvalue weighted by molar-refractivity contribution is 9.10. The fourth-order valence-electron chi connectivity index (χ4n) is 1.49. The molecule has 0 aliphatic heterocycles. The molecule has 18 heavy (non-hydrogen) atoms. The molecule has 2 aromatic rings. The Labute approximate surface area is 114 Å². The van der Waals surface area contributed by atoms with Crippen molar-refractivity contribution in [3.05, 3.63) is 40.4 Å². The quantitative estimate of drug-likeness (QED) is 0.942. The van der Waals surface area contributed by atoms with E-state index in [0.29, 0.717) is 17.4 Å². The average molecular weight is 309 g/mol. The first-order valence-corrected chi connectivity index (χ1v) is 6.14. The molecule has 0 bridgehead atoms. The number of hydrogen-bond acceptors (Lipinski definition) is 4. The van der Waals surface area contributed by atoms with Gasteiger partial charge in [0.25, 0.3) is 0 Å². The van der Waals surface area contributed by atoms with Crippen molar-refractivity contribution in [3.63, 3.8) is 0 Å². The lowest BCUT2D eigenvalue weighted by Crippen LogP contribution is -1.97. The van der Waals surface area contributed by atoms with Crippen LogP contribution in [0.15, 0.2) is 34.8 Å². The third kappa shape index (κ3) is 2.73. The molecule has 4 nitrogen and oxygen atoms in total. The van der Waals surface area contributed by atoms with Crippen LogP contribution in [0.2, 0.25) is 0 Å². The molecule has 94 valence electrons. The Morgan fingerprint density at radius 3 is 2.67 bits per heavy atom. The van der Waals surface area contributed by atoms with Gasteiger partial charge in [0.05, 0.1) is 12.8 Å². The van der Waals surface area contributed by atoms with Gasteiger partial charge in [-0.2, -0.15) is 4.98 Å². The van der Waals surface area contributed by atoms with Crippen molar-refractivity contribution in [3.8, 4) is 17.5 Å². The molecule has 1 aromatic carbocycles. The highest BCUT2D eigenvalue weighted by atomic mass is 79.9. The number of ether oxygens (including phenoxy) is 2. The summed E-state index contributed by atoms with van der Waals surface area (Å²) in [4.78, 5) is 4.17. The summed E-state index contributed by atoms with van der Waals surface area (Å²) in [7, 11) is 1.52. The number of pyridine rings is 1. The number of aromatic nitrogens is 1. The summed E-state index contributed by atoms with van der Waals surface area (Å²) in [5.41, 5.74) is 7.19. The zero-order valence-electron chi connectivity index (χ0n) is 10.1. The van der Waals surface area contributed by atoms with Crippen LogP contribution in [0, 0.1) is 6.92 Å². The number of methoxy groups -OCH3 is 1. The van der Waals surface area contributed by atoms with E-state index < -0.39 is 0 Å². The molecule has 2 rings (SSSR count). The monoisotopic (exact) mass is 308 g/mol. The number of hydrogen-bond donors (Lipinski definition) is 1. The van der Waals surface area contributed by atoms with Crippen LogP contribution in [0.25, 0.3) is 0 Å². The Kier molecular flexibility index (Phi) is 3.72. The van der Waals surface area contributed by atoms with Crippen molar-refractivity contribution in [1.82, 2.24) is 4.98 Å². The molecule has 1 aromatic heterocycles. The molecule has 0 radical (unpaired) electrons. The van der Waals surface area contributed by atoms with E-state index in [-0.39, 0.29) is 0 Å². The minimum atomic E-state index is 0.363. The van der Waals surface area contributed by atoms with Gasteiger partial charge in [0, 0.05) is 10.5 Å². The molecular formula is C13H13BrN2O2. The van der Waals surface area contributed by atoms with E-state index in [9.17, 15) is 0 Å². The molecule has 0 saturated heterocycles. The van der Waals surface area contributed by atoms with Crippen LogP contribution in [0.1, 0.15) is 5.56 Å². The van der Waals surface area contributed by atoms with Crippen molar-refractivity contribution in [2.24, 2.45) is 0 Å². The summed E-state index contributed by atoms with van der Waals surface area (Å²) in [6, 6.07) is 9.18. The van der Waals surface area contributed by atoms with Crippen LogP contribution in [-0.2, 0) is 0 Å². The van der Waals surface area contributed by atoms with Gasteiger partial charge in [0.2, 0.25) is 11.8 Å². The van der Waals surface area contributed by atoms with Crippen molar-refractivity contribution in [2.45, 2.75) is 6.92 Å². The molecule has 0 spiro atoms. The number of benzene rings is 1. The lowest BCUT2D eigenvalue weighted by molar-refractivity contribution is 0.385. The Morgan fingerprint density at radius 2 is 2.00 bits per heavy atom. The summed E-state index contributed by atoms with van der Waals surface area (Å²) in [6.07, 6.45) is 0. The van der Waals surface area contributed by atoms with Gasteiger partial charge in [-0.1, -0.05) is 15.9 Å². The fourth-order valence-corrected chi connectivity index (χ4v) is 1.97. The first-order chi connectivity index (χ1) is 8.60. The first-order valence-electron chi connectivity index (χ1n) is 5.34. The number of nitrogens with zero attached hydrogens (tertiary/aromatic N) is 1. The Bertz CT molecular complexity index is 573. The molecule has 0 amide bonds. The van der Waals surface area contributed by atoms with Gasteiger partial charge in [-0.3, -0.25) is 0 Å². The second-order valence-electron chi connectivity index (χ2n) is 3.76. The normalized spacial score (nSPS) is 10.2. The fraction of sp³-hybridized carbons (Fsp3) is 0.154. The maximum atomic E-state index is 5.69. The maximum Gasteiger partial charge on any atom is 0.240 e. The van der Waals surface area contributed by atoms with E-state index in [1.807, 2.05) is 25.1 Å². The van der Waals surface area contributed by atoms with Gasteiger partial charge in [-0.15, -0.1) is 0 Å². The predicted molar refractivity (Wildman–Crippen MR) is 74.2 cm³/mol. The lowest BCUT2D eigenvalue weighted by atomic mass is 10.2. The number of rotatable bonds is 3. The molecule has 0 fully saturated rings. The van der Waals surface area contributed by atoms with Gasteiger partial charge >= 0.3 is 0 Å². The van der Waals surface area contributed by atoms with Crippen LogP contribution in [-0.4, -0.2) is 12.1 Å². The van der Waals surface area contributed by atoms with Gasteiger partial charge < -0.3 is 15.2 Å². The summed E-state index contributed by atoms with van der Waals surface area (Å²) in [6.45, 7) is 1.97. The number of anilines is 1. The minimum absolute atomic E-state index is 0.363. The van der Waals surface area contributed by atoms with Gasteiger partial charge in [-0.25, -0.2) is 0 Å². The van der Waals surface area contributed by atoms with Crippen molar-refractivity contribution >= 4 is 21.6 Å². The van der Waals surface area contributed by atoms with Crippen molar-refractivity contribution in [1.29, 1.82) is 0 Å². The van der Waals surface area contributed by atoms with E-state index in [0.717, 1.165) is 15.8 Å². The Balaban J connectivity index is 2.28. The third-order valence-corrected chi connectivity index (χ3v) is 2.90. The topological polar surface area (TPSA) is 57.4 Å².